The van der Waals surface area contributed by atoms with Gasteiger partial charge in [0.15, 0.2) is 0 Å². The number of hydrogen-bond acceptors (Lipinski definition) is 2. The van der Waals surface area contributed by atoms with Gasteiger partial charge in [-0.2, -0.15) is 0 Å². The number of nitrogens with zero attached hydrogens (tertiary/aromatic N) is 1. The fourth-order valence-corrected chi connectivity index (χ4v) is 4.37. The van der Waals surface area contributed by atoms with Crippen molar-refractivity contribution in [2.75, 3.05) is 14.1 Å². The largest absolute Gasteiger partial charge is 0.315 e. The molecule has 0 saturated heterocycles. The topological polar surface area (TPSA) is 15.3 Å². The van der Waals surface area contributed by atoms with Crippen LogP contribution in [0.1, 0.15) is 52.4 Å². The molecule has 2 heteroatoms. The molecule has 0 aromatic rings. The quantitative estimate of drug-likeness (QED) is 0.813. The Balaban J connectivity index is 2.04. The molecule has 1 N–H and O–H groups in total. The predicted molar refractivity (Wildman–Crippen MR) is 74.2 cm³/mol. The Morgan fingerprint density at radius 1 is 1.06 bits per heavy atom. The van der Waals surface area contributed by atoms with E-state index < -0.39 is 0 Å². The average molecular weight is 238 g/mol. The summed E-state index contributed by atoms with van der Waals surface area (Å²) in [7, 11) is 4.52. The Bertz CT molecular complexity index is 235. The summed E-state index contributed by atoms with van der Waals surface area (Å²) in [6.07, 6.45) is 8.48. The second kappa shape index (κ2) is 5.71. The van der Waals surface area contributed by atoms with Gasteiger partial charge in [-0.15, -0.1) is 0 Å². The Kier molecular flexibility index (Phi) is 4.48. The molecule has 0 aromatic heterocycles. The van der Waals surface area contributed by atoms with Gasteiger partial charge in [0, 0.05) is 18.1 Å². The van der Waals surface area contributed by atoms with Crippen LogP contribution < -0.4 is 5.32 Å². The first-order valence-electron chi connectivity index (χ1n) is 7.52. The van der Waals surface area contributed by atoms with E-state index in [-0.39, 0.29) is 0 Å². The molecule has 17 heavy (non-hydrogen) atoms. The Morgan fingerprint density at radius 2 is 1.71 bits per heavy atom. The minimum atomic E-state index is 0.694. The van der Waals surface area contributed by atoms with Gasteiger partial charge in [0.1, 0.15) is 0 Å². The van der Waals surface area contributed by atoms with Crippen molar-refractivity contribution in [3.63, 3.8) is 0 Å². The summed E-state index contributed by atoms with van der Waals surface area (Å²) < 4.78 is 0. The molecular weight excluding hydrogens is 208 g/mol. The number of hydrogen-bond donors (Lipinski definition) is 1. The second-order valence-electron chi connectivity index (χ2n) is 6.54. The van der Waals surface area contributed by atoms with Gasteiger partial charge in [0.25, 0.3) is 0 Å². The Morgan fingerprint density at radius 3 is 2.29 bits per heavy atom. The molecule has 0 radical (unpaired) electrons. The van der Waals surface area contributed by atoms with Crippen molar-refractivity contribution in [1.82, 2.24) is 10.2 Å². The van der Waals surface area contributed by atoms with E-state index in [2.05, 4.69) is 38.2 Å². The summed E-state index contributed by atoms with van der Waals surface area (Å²) in [5.41, 5.74) is 0. The first-order valence-corrected chi connectivity index (χ1v) is 7.52. The van der Waals surface area contributed by atoms with Crippen molar-refractivity contribution in [2.24, 2.45) is 11.8 Å². The summed E-state index contributed by atoms with van der Waals surface area (Å²) in [5.74, 6) is 1.72. The molecule has 2 aliphatic rings. The van der Waals surface area contributed by atoms with Crippen molar-refractivity contribution in [2.45, 2.75) is 70.5 Å². The highest BCUT2D eigenvalue weighted by Crippen LogP contribution is 2.35. The number of likely N-dealkylation sites (N-methyl/N-ethyl adjacent to an activating group) is 2. The van der Waals surface area contributed by atoms with Gasteiger partial charge in [-0.1, -0.05) is 26.7 Å². The van der Waals surface area contributed by atoms with E-state index >= 15 is 0 Å². The maximum absolute atomic E-state index is 3.58. The lowest BCUT2D eigenvalue weighted by Crippen LogP contribution is -2.56. The zero-order valence-corrected chi connectivity index (χ0v) is 12.1. The minimum Gasteiger partial charge on any atom is -0.315 e. The SMILES string of the molecule is CNC1CC(C)CC(C)C1N(C)C1CCCC1. The van der Waals surface area contributed by atoms with Crippen molar-refractivity contribution in [1.29, 1.82) is 0 Å². The Hall–Kier alpha value is -0.0800. The van der Waals surface area contributed by atoms with Crippen LogP contribution in [0.15, 0.2) is 0 Å². The Labute approximate surface area is 107 Å². The summed E-state index contributed by atoms with van der Waals surface area (Å²) in [6.45, 7) is 4.86. The molecule has 0 spiro atoms. The first kappa shape index (κ1) is 13.4. The highest BCUT2D eigenvalue weighted by atomic mass is 15.2. The van der Waals surface area contributed by atoms with Crippen LogP contribution in [-0.2, 0) is 0 Å². The fourth-order valence-electron chi connectivity index (χ4n) is 4.37. The lowest BCUT2D eigenvalue weighted by Gasteiger charge is -2.46. The highest BCUT2D eigenvalue weighted by Gasteiger charge is 2.38. The molecule has 4 unspecified atom stereocenters. The van der Waals surface area contributed by atoms with E-state index in [4.69, 9.17) is 0 Å². The van der Waals surface area contributed by atoms with Crippen LogP contribution in [0.2, 0.25) is 0 Å². The van der Waals surface area contributed by atoms with E-state index in [0.29, 0.717) is 6.04 Å². The third-order valence-electron chi connectivity index (χ3n) is 5.17. The second-order valence-corrected chi connectivity index (χ2v) is 6.54. The summed E-state index contributed by atoms with van der Waals surface area (Å²) in [6, 6.07) is 2.30. The number of rotatable bonds is 3. The van der Waals surface area contributed by atoms with Gasteiger partial charge in [0.2, 0.25) is 0 Å². The van der Waals surface area contributed by atoms with Crippen LogP contribution in [0, 0.1) is 11.8 Å². The molecule has 100 valence electrons. The van der Waals surface area contributed by atoms with Crippen LogP contribution in [0.4, 0.5) is 0 Å². The van der Waals surface area contributed by atoms with Crippen molar-refractivity contribution in [3.05, 3.63) is 0 Å². The van der Waals surface area contributed by atoms with Crippen LogP contribution in [-0.4, -0.2) is 37.1 Å². The van der Waals surface area contributed by atoms with Gasteiger partial charge >= 0.3 is 0 Å². The van der Waals surface area contributed by atoms with E-state index in [1.807, 2.05) is 0 Å². The fraction of sp³-hybridized carbons (Fsp3) is 1.00. The summed E-state index contributed by atoms with van der Waals surface area (Å²) in [5, 5.41) is 3.58. The molecular formula is C15H30N2. The van der Waals surface area contributed by atoms with Gasteiger partial charge in [-0.3, -0.25) is 4.90 Å². The smallest absolute Gasteiger partial charge is 0.0274 e. The van der Waals surface area contributed by atoms with Crippen LogP contribution in [0.3, 0.4) is 0 Å². The molecule has 4 atom stereocenters. The molecule has 0 amide bonds. The van der Waals surface area contributed by atoms with Gasteiger partial charge < -0.3 is 5.32 Å². The summed E-state index contributed by atoms with van der Waals surface area (Å²) >= 11 is 0. The normalized spacial score (nSPS) is 40.1. The van der Waals surface area contributed by atoms with Crippen molar-refractivity contribution < 1.29 is 0 Å². The number of nitrogens with one attached hydrogen (secondary N) is 1. The van der Waals surface area contributed by atoms with Crippen LogP contribution in [0.25, 0.3) is 0 Å². The lowest BCUT2D eigenvalue weighted by molar-refractivity contribution is 0.0547. The summed E-state index contributed by atoms with van der Waals surface area (Å²) in [4.78, 5) is 2.71. The molecule has 2 fully saturated rings. The zero-order valence-electron chi connectivity index (χ0n) is 12.1. The predicted octanol–water partition coefficient (Wildman–Crippen LogP) is 2.88. The monoisotopic (exact) mass is 238 g/mol. The maximum Gasteiger partial charge on any atom is 0.0274 e. The molecule has 0 aromatic carbocycles. The van der Waals surface area contributed by atoms with Gasteiger partial charge in [-0.05, 0) is 51.6 Å². The molecule has 2 saturated carbocycles. The van der Waals surface area contributed by atoms with Gasteiger partial charge in [0.05, 0.1) is 0 Å². The molecule has 0 aliphatic heterocycles. The minimum absolute atomic E-state index is 0.694. The van der Waals surface area contributed by atoms with Gasteiger partial charge in [-0.25, -0.2) is 0 Å². The van der Waals surface area contributed by atoms with E-state index in [1.54, 1.807) is 0 Å². The molecule has 2 nitrogen and oxygen atoms in total. The third kappa shape index (κ3) is 2.85. The standard InChI is InChI=1S/C15H30N2/c1-11-9-12(2)15(14(10-11)16-3)17(4)13-7-5-6-8-13/h11-16H,5-10H2,1-4H3. The van der Waals surface area contributed by atoms with E-state index in [0.717, 1.165) is 23.9 Å². The first-order chi connectivity index (χ1) is 8.13. The van der Waals surface area contributed by atoms with E-state index in [9.17, 15) is 0 Å². The van der Waals surface area contributed by atoms with Crippen molar-refractivity contribution >= 4 is 0 Å². The zero-order chi connectivity index (χ0) is 12.4. The molecule has 0 heterocycles. The van der Waals surface area contributed by atoms with Crippen molar-refractivity contribution in [3.8, 4) is 0 Å². The third-order valence-corrected chi connectivity index (χ3v) is 5.17. The lowest BCUT2D eigenvalue weighted by atomic mass is 9.75. The van der Waals surface area contributed by atoms with E-state index in [1.165, 1.54) is 38.5 Å². The van der Waals surface area contributed by atoms with Crippen LogP contribution in [0.5, 0.6) is 0 Å². The molecule has 2 aliphatic carbocycles. The van der Waals surface area contributed by atoms with Crippen LogP contribution >= 0.6 is 0 Å². The average Bonchev–Trinajstić information content (AvgIpc) is 2.80. The molecule has 0 bridgehead atoms. The maximum atomic E-state index is 3.58. The molecule has 2 rings (SSSR count). The highest BCUT2D eigenvalue weighted by molar-refractivity contribution is 4.95.